The number of urea groups is 1. The van der Waals surface area contributed by atoms with Crippen LogP contribution in [0.15, 0.2) is 24.7 Å². The van der Waals surface area contributed by atoms with Gasteiger partial charge in [-0.2, -0.15) is 4.98 Å². The first-order valence-electron chi connectivity index (χ1n) is 9.53. The number of anilines is 3. The van der Waals surface area contributed by atoms with Gasteiger partial charge in [-0.05, 0) is 25.8 Å². The average Bonchev–Trinajstić information content (AvgIpc) is 2.74. The molecule has 2 aromatic rings. The number of nitrogens with zero attached hydrogens (tertiary/aromatic N) is 6. The normalized spacial score (nSPS) is 15.9. The van der Waals surface area contributed by atoms with Crippen LogP contribution in [-0.2, 0) is 0 Å². The molecule has 160 valence electrons. The number of amides is 3. The molecular formula is C18H24N8O4. The maximum Gasteiger partial charge on any atom is 0.410 e. The minimum absolute atomic E-state index is 0.0749. The van der Waals surface area contributed by atoms with Gasteiger partial charge in [0, 0.05) is 26.3 Å². The third kappa shape index (κ3) is 5.43. The lowest BCUT2D eigenvalue weighted by Gasteiger charge is -2.37. The number of ether oxygens (including phenoxy) is 1. The molecule has 0 saturated carbocycles. The number of carbonyl (C=O) groups is 2. The van der Waals surface area contributed by atoms with Crippen LogP contribution in [0.5, 0.6) is 5.88 Å². The Kier molecular flexibility index (Phi) is 6.78. The van der Waals surface area contributed by atoms with Gasteiger partial charge in [0.05, 0.1) is 25.0 Å². The molecule has 1 saturated heterocycles. The van der Waals surface area contributed by atoms with Crippen LogP contribution in [0, 0.1) is 0 Å². The molecule has 0 radical (unpaired) electrons. The lowest BCUT2D eigenvalue weighted by molar-refractivity contribution is 0.195. The molecule has 30 heavy (non-hydrogen) atoms. The summed E-state index contributed by atoms with van der Waals surface area (Å²) in [5.74, 6) is 1.34. The van der Waals surface area contributed by atoms with Crippen molar-refractivity contribution < 1.29 is 19.4 Å². The van der Waals surface area contributed by atoms with E-state index in [1.54, 1.807) is 11.9 Å². The smallest absolute Gasteiger partial charge is 0.410 e. The summed E-state index contributed by atoms with van der Waals surface area (Å²) in [5, 5.41) is 13.8. The number of carboxylic acid groups (broad SMARTS) is 1. The molecule has 3 N–H and O–H groups in total. The first-order chi connectivity index (χ1) is 14.5. The van der Waals surface area contributed by atoms with Crippen LogP contribution < -0.4 is 20.3 Å². The molecule has 1 aliphatic rings. The Morgan fingerprint density at radius 3 is 2.80 bits per heavy atom. The standard InChI is InChI=1S/C18H24N8O4/c1-3-30-15-10-20-14(9-21-15)23-17(27)25(2)12-5-4-8-26(11-12)16-19-7-6-13(22-16)24-18(28)29/h6-7,9-10,12H,3-5,8,11H2,1-2H3,(H,28,29)(H,19,22,24)(H,20,23,27). The second kappa shape index (κ2) is 9.67. The maximum absolute atomic E-state index is 12.6. The van der Waals surface area contributed by atoms with Gasteiger partial charge >= 0.3 is 12.1 Å². The van der Waals surface area contributed by atoms with Gasteiger partial charge in [0.15, 0.2) is 5.82 Å². The fraction of sp³-hybridized carbons (Fsp3) is 0.444. The van der Waals surface area contributed by atoms with Crippen molar-refractivity contribution in [1.29, 1.82) is 0 Å². The molecule has 12 heteroatoms. The molecule has 0 aromatic carbocycles. The van der Waals surface area contributed by atoms with Gasteiger partial charge in [-0.3, -0.25) is 10.6 Å². The van der Waals surface area contributed by atoms with Gasteiger partial charge in [0.2, 0.25) is 11.8 Å². The maximum atomic E-state index is 12.6. The zero-order valence-corrected chi connectivity index (χ0v) is 16.8. The minimum atomic E-state index is -1.19. The Labute approximate surface area is 173 Å². The SMILES string of the molecule is CCOc1cnc(NC(=O)N(C)C2CCCN(c3nccc(NC(=O)O)n3)C2)cn1. The monoisotopic (exact) mass is 416 g/mol. The van der Waals surface area contributed by atoms with E-state index in [0.29, 0.717) is 37.3 Å². The second-order valence-corrected chi connectivity index (χ2v) is 6.63. The van der Waals surface area contributed by atoms with Crippen molar-refractivity contribution in [2.75, 3.05) is 42.3 Å². The molecule has 3 amide bonds. The highest BCUT2D eigenvalue weighted by atomic mass is 16.5. The average molecular weight is 416 g/mol. The molecule has 1 fully saturated rings. The summed E-state index contributed by atoms with van der Waals surface area (Å²) in [5.41, 5.74) is 0. The minimum Gasteiger partial charge on any atom is -0.477 e. The topological polar surface area (TPSA) is 146 Å². The van der Waals surface area contributed by atoms with E-state index >= 15 is 0 Å². The van der Waals surface area contributed by atoms with Crippen molar-refractivity contribution in [3.63, 3.8) is 0 Å². The molecule has 1 aliphatic heterocycles. The number of aromatic nitrogens is 4. The lowest BCUT2D eigenvalue weighted by Crippen LogP contribution is -2.50. The Balaban J connectivity index is 1.61. The van der Waals surface area contributed by atoms with Crippen molar-refractivity contribution in [2.24, 2.45) is 0 Å². The Hall–Kier alpha value is -3.70. The van der Waals surface area contributed by atoms with Gasteiger partial charge in [0.25, 0.3) is 0 Å². The quantitative estimate of drug-likeness (QED) is 0.642. The first-order valence-corrected chi connectivity index (χ1v) is 9.53. The third-order valence-electron chi connectivity index (χ3n) is 4.58. The Bertz CT molecular complexity index is 879. The van der Waals surface area contributed by atoms with E-state index in [2.05, 4.69) is 30.6 Å². The molecule has 0 spiro atoms. The number of nitrogens with one attached hydrogen (secondary N) is 2. The number of likely N-dealkylation sites (N-methyl/N-ethyl adjacent to an activating group) is 1. The van der Waals surface area contributed by atoms with Crippen LogP contribution in [0.2, 0.25) is 0 Å². The predicted octanol–water partition coefficient (Wildman–Crippen LogP) is 1.89. The summed E-state index contributed by atoms with van der Waals surface area (Å²) in [6.07, 6.45) is 4.87. The van der Waals surface area contributed by atoms with Crippen LogP contribution in [-0.4, -0.2) is 74.9 Å². The van der Waals surface area contributed by atoms with Crippen LogP contribution in [0.4, 0.5) is 27.2 Å². The Morgan fingerprint density at radius 1 is 1.27 bits per heavy atom. The highest BCUT2D eigenvalue weighted by Crippen LogP contribution is 2.20. The largest absolute Gasteiger partial charge is 0.477 e. The molecular weight excluding hydrogens is 392 g/mol. The van der Waals surface area contributed by atoms with Crippen molar-refractivity contribution in [2.45, 2.75) is 25.8 Å². The summed E-state index contributed by atoms with van der Waals surface area (Å²) in [4.78, 5) is 43.7. The van der Waals surface area contributed by atoms with Crippen molar-refractivity contribution in [3.8, 4) is 5.88 Å². The zero-order valence-electron chi connectivity index (χ0n) is 16.8. The van der Waals surface area contributed by atoms with Gasteiger partial charge in [-0.15, -0.1) is 0 Å². The van der Waals surface area contributed by atoms with Crippen LogP contribution >= 0.6 is 0 Å². The van der Waals surface area contributed by atoms with Gasteiger partial charge < -0.3 is 19.6 Å². The van der Waals surface area contributed by atoms with E-state index in [4.69, 9.17) is 9.84 Å². The zero-order chi connectivity index (χ0) is 21.5. The lowest BCUT2D eigenvalue weighted by atomic mass is 10.1. The number of hydrogen-bond donors (Lipinski definition) is 3. The molecule has 1 unspecified atom stereocenters. The molecule has 0 aliphatic carbocycles. The third-order valence-corrected chi connectivity index (χ3v) is 4.58. The molecule has 2 aromatic heterocycles. The molecule has 0 bridgehead atoms. The highest BCUT2D eigenvalue weighted by Gasteiger charge is 2.27. The van der Waals surface area contributed by atoms with E-state index < -0.39 is 6.09 Å². The number of rotatable bonds is 6. The summed E-state index contributed by atoms with van der Waals surface area (Å²) in [6, 6.07) is 1.10. The van der Waals surface area contributed by atoms with E-state index in [0.717, 1.165) is 12.8 Å². The van der Waals surface area contributed by atoms with Crippen LogP contribution in [0.25, 0.3) is 0 Å². The van der Waals surface area contributed by atoms with Crippen LogP contribution in [0.3, 0.4) is 0 Å². The second-order valence-electron chi connectivity index (χ2n) is 6.63. The van der Waals surface area contributed by atoms with E-state index in [9.17, 15) is 9.59 Å². The van der Waals surface area contributed by atoms with Crippen LogP contribution in [0.1, 0.15) is 19.8 Å². The van der Waals surface area contributed by atoms with E-state index in [1.807, 2.05) is 11.8 Å². The van der Waals surface area contributed by atoms with Gasteiger partial charge in [-0.25, -0.2) is 24.5 Å². The summed E-state index contributed by atoms with van der Waals surface area (Å²) < 4.78 is 5.24. The number of hydrogen-bond acceptors (Lipinski definition) is 8. The van der Waals surface area contributed by atoms with Crippen molar-refractivity contribution >= 4 is 29.7 Å². The number of piperidine rings is 1. The summed E-state index contributed by atoms with van der Waals surface area (Å²) in [6.45, 7) is 3.58. The summed E-state index contributed by atoms with van der Waals surface area (Å²) in [7, 11) is 1.72. The Morgan fingerprint density at radius 2 is 2.10 bits per heavy atom. The highest BCUT2D eigenvalue weighted by molar-refractivity contribution is 5.88. The molecule has 1 atom stereocenters. The van der Waals surface area contributed by atoms with Crippen molar-refractivity contribution in [3.05, 3.63) is 24.7 Å². The first kappa shape index (κ1) is 21.0. The number of carbonyl (C=O) groups excluding carboxylic acids is 1. The van der Waals surface area contributed by atoms with E-state index in [1.165, 1.54) is 24.7 Å². The van der Waals surface area contributed by atoms with E-state index in [-0.39, 0.29) is 17.9 Å². The fourth-order valence-electron chi connectivity index (χ4n) is 3.10. The molecule has 3 rings (SSSR count). The van der Waals surface area contributed by atoms with Gasteiger partial charge in [-0.1, -0.05) is 0 Å². The van der Waals surface area contributed by atoms with Gasteiger partial charge in [0.1, 0.15) is 5.82 Å². The fourth-order valence-corrected chi connectivity index (χ4v) is 3.10. The van der Waals surface area contributed by atoms with Crippen molar-refractivity contribution in [1.82, 2.24) is 24.8 Å². The predicted molar refractivity (Wildman–Crippen MR) is 109 cm³/mol. The molecule has 3 heterocycles. The summed E-state index contributed by atoms with van der Waals surface area (Å²) >= 11 is 0. The molecule has 12 nitrogen and oxygen atoms in total.